The molecule has 0 bridgehead atoms. The number of hydrogen-bond acceptors (Lipinski definition) is 2. The molecule has 1 aliphatic carbocycles. The van der Waals surface area contributed by atoms with Crippen molar-refractivity contribution in [3.63, 3.8) is 0 Å². The van der Waals surface area contributed by atoms with Gasteiger partial charge in [-0.3, -0.25) is 0 Å². The minimum absolute atomic E-state index is 0.252. The second kappa shape index (κ2) is 3.08. The summed E-state index contributed by atoms with van der Waals surface area (Å²) in [5.41, 5.74) is 1.60. The Kier molecular flexibility index (Phi) is 2.29. The Balaban J connectivity index is 2.21. The largest absolute Gasteiger partial charge is 0.388 e. The topological polar surface area (TPSA) is 20.2 Å². The lowest BCUT2D eigenvalue weighted by Crippen LogP contribution is -2.04. The van der Waals surface area contributed by atoms with Crippen LogP contribution in [0.25, 0.3) is 0 Å². The molecule has 1 heterocycles. The Morgan fingerprint density at radius 1 is 1.27 bits per heavy atom. The Morgan fingerprint density at radius 3 is 2.13 bits per heavy atom. The summed E-state index contributed by atoms with van der Waals surface area (Å²) in [6, 6.07) is 2.11. The lowest BCUT2D eigenvalue weighted by molar-refractivity contribution is 0.131. The third-order valence-electron chi connectivity index (χ3n) is 4.54. The number of rotatable bonds is 2. The molecule has 1 aromatic heterocycles. The van der Waals surface area contributed by atoms with E-state index in [0.717, 1.165) is 5.56 Å². The molecular formula is C13H20OS. The van der Waals surface area contributed by atoms with Crippen molar-refractivity contribution in [2.45, 2.75) is 40.7 Å². The zero-order valence-corrected chi connectivity index (χ0v) is 11.0. The van der Waals surface area contributed by atoms with Crippen molar-refractivity contribution in [1.29, 1.82) is 0 Å². The van der Waals surface area contributed by atoms with E-state index in [4.69, 9.17) is 0 Å². The normalized spacial score (nSPS) is 25.2. The van der Waals surface area contributed by atoms with Crippen LogP contribution in [0.2, 0.25) is 0 Å². The van der Waals surface area contributed by atoms with Gasteiger partial charge in [-0.2, -0.15) is 0 Å². The maximum absolute atomic E-state index is 10.4. The molecule has 1 nitrogen and oxygen atoms in total. The molecule has 1 saturated carbocycles. The monoisotopic (exact) mass is 224 g/mol. The third-order valence-corrected chi connectivity index (χ3v) is 5.42. The van der Waals surface area contributed by atoms with E-state index in [1.54, 1.807) is 11.3 Å². The lowest BCUT2D eigenvalue weighted by Gasteiger charge is -2.10. The van der Waals surface area contributed by atoms with Crippen LogP contribution in [0.5, 0.6) is 0 Å². The van der Waals surface area contributed by atoms with Crippen LogP contribution < -0.4 is 0 Å². The van der Waals surface area contributed by atoms with Gasteiger partial charge >= 0.3 is 0 Å². The summed E-state index contributed by atoms with van der Waals surface area (Å²) >= 11 is 1.72. The van der Waals surface area contributed by atoms with Gasteiger partial charge in [-0.25, -0.2) is 0 Å². The van der Waals surface area contributed by atoms with Crippen molar-refractivity contribution in [3.8, 4) is 0 Å². The lowest BCUT2D eigenvalue weighted by atomic mass is 10.0. The summed E-state index contributed by atoms with van der Waals surface area (Å²) in [4.78, 5) is 1.28. The molecule has 1 aliphatic rings. The van der Waals surface area contributed by atoms with E-state index >= 15 is 0 Å². The third kappa shape index (κ3) is 1.46. The molecule has 0 saturated heterocycles. The predicted molar refractivity (Wildman–Crippen MR) is 65.1 cm³/mol. The minimum atomic E-state index is -0.292. The molecule has 0 aromatic carbocycles. The summed E-state index contributed by atoms with van der Waals surface area (Å²) in [5, 5.41) is 12.4. The van der Waals surface area contributed by atoms with Crippen LogP contribution in [0.3, 0.4) is 0 Å². The first-order chi connectivity index (χ1) is 6.78. The maximum Gasteiger partial charge on any atom is 0.0836 e. The van der Waals surface area contributed by atoms with Crippen LogP contribution >= 0.6 is 11.3 Å². The highest BCUT2D eigenvalue weighted by Crippen LogP contribution is 2.72. The highest BCUT2D eigenvalue weighted by molar-refractivity contribution is 7.10. The summed E-state index contributed by atoms with van der Waals surface area (Å²) < 4.78 is 0. The zero-order chi connectivity index (χ0) is 11.4. The number of hydrogen-bond donors (Lipinski definition) is 1. The van der Waals surface area contributed by atoms with E-state index in [9.17, 15) is 5.11 Å². The van der Waals surface area contributed by atoms with Gasteiger partial charge in [0, 0.05) is 10.8 Å². The van der Waals surface area contributed by atoms with Gasteiger partial charge in [0.15, 0.2) is 0 Å². The molecule has 1 atom stereocenters. The smallest absolute Gasteiger partial charge is 0.0836 e. The molecule has 1 N–H and O–H groups in total. The molecule has 84 valence electrons. The number of aliphatic hydroxyl groups is 1. The number of aryl methyl sites for hydroxylation is 1. The summed E-state index contributed by atoms with van der Waals surface area (Å²) in [7, 11) is 0. The molecule has 1 unspecified atom stereocenters. The average Bonchev–Trinajstić information content (AvgIpc) is 2.49. The van der Waals surface area contributed by atoms with E-state index in [-0.39, 0.29) is 16.9 Å². The van der Waals surface area contributed by atoms with Gasteiger partial charge in [0.2, 0.25) is 0 Å². The van der Waals surface area contributed by atoms with Crippen molar-refractivity contribution in [1.82, 2.24) is 0 Å². The Hall–Kier alpha value is -0.340. The Morgan fingerprint density at radius 2 is 1.80 bits per heavy atom. The van der Waals surface area contributed by atoms with Crippen LogP contribution in [-0.4, -0.2) is 5.11 Å². The SMILES string of the molecule is Cc1cc(C(O)C2C(C)(C)C2(C)C)cs1. The first-order valence-corrected chi connectivity index (χ1v) is 6.39. The maximum atomic E-state index is 10.4. The highest BCUT2D eigenvalue weighted by atomic mass is 32.1. The van der Waals surface area contributed by atoms with Gasteiger partial charge in [-0.1, -0.05) is 27.7 Å². The van der Waals surface area contributed by atoms with E-state index in [1.165, 1.54) is 4.88 Å². The molecule has 1 aromatic rings. The van der Waals surface area contributed by atoms with Crippen molar-refractivity contribution < 1.29 is 5.11 Å². The standard InChI is InChI=1S/C13H20OS/c1-8-6-9(7-15-8)10(14)11-12(2,3)13(11,4)5/h6-7,10-11,14H,1-5H3. The van der Waals surface area contributed by atoms with E-state index in [2.05, 4.69) is 46.1 Å². The fraction of sp³-hybridized carbons (Fsp3) is 0.692. The average molecular weight is 224 g/mol. The summed E-state index contributed by atoms with van der Waals surface area (Å²) in [5.74, 6) is 0.388. The van der Waals surface area contributed by atoms with Crippen molar-refractivity contribution >= 4 is 11.3 Å². The second-order valence-electron chi connectivity index (χ2n) is 5.86. The van der Waals surface area contributed by atoms with Crippen LogP contribution in [0.15, 0.2) is 11.4 Å². The molecule has 1 fully saturated rings. The van der Waals surface area contributed by atoms with Gasteiger partial charge < -0.3 is 5.11 Å². The number of thiophene rings is 1. The van der Waals surface area contributed by atoms with E-state index < -0.39 is 0 Å². The second-order valence-corrected chi connectivity index (χ2v) is 6.97. The van der Waals surface area contributed by atoms with E-state index in [1.807, 2.05) is 0 Å². The highest BCUT2D eigenvalue weighted by Gasteiger charge is 2.67. The molecule has 0 radical (unpaired) electrons. The Bertz CT molecular complexity index is 362. The fourth-order valence-corrected chi connectivity index (χ4v) is 3.58. The first-order valence-electron chi connectivity index (χ1n) is 5.51. The van der Waals surface area contributed by atoms with Crippen LogP contribution in [0.1, 0.15) is 44.2 Å². The van der Waals surface area contributed by atoms with Gasteiger partial charge in [0.05, 0.1) is 6.10 Å². The van der Waals surface area contributed by atoms with Crippen LogP contribution in [0.4, 0.5) is 0 Å². The van der Waals surface area contributed by atoms with Crippen molar-refractivity contribution in [3.05, 3.63) is 21.9 Å². The quantitative estimate of drug-likeness (QED) is 0.810. The summed E-state index contributed by atoms with van der Waals surface area (Å²) in [6.45, 7) is 11.1. The Labute approximate surface area is 96.1 Å². The number of aliphatic hydroxyl groups excluding tert-OH is 1. The van der Waals surface area contributed by atoms with Gasteiger partial charge in [0.1, 0.15) is 0 Å². The fourth-order valence-electron chi connectivity index (χ4n) is 2.85. The predicted octanol–water partition coefficient (Wildman–Crippen LogP) is 3.77. The van der Waals surface area contributed by atoms with Crippen molar-refractivity contribution in [2.75, 3.05) is 0 Å². The minimum Gasteiger partial charge on any atom is -0.388 e. The van der Waals surface area contributed by atoms with E-state index in [0.29, 0.717) is 5.92 Å². The van der Waals surface area contributed by atoms with Crippen LogP contribution in [0, 0.1) is 23.7 Å². The molecule has 0 amide bonds. The van der Waals surface area contributed by atoms with Gasteiger partial charge in [-0.05, 0) is 34.8 Å². The summed E-state index contributed by atoms with van der Waals surface area (Å²) in [6.07, 6.45) is -0.292. The molecule has 2 rings (SSSR count). The molecule has 0 aliphatic heterocycles. The zero-order valence-electron chi connectivity index (χ0n) is 10.2. The first kappa shape index (κ1) is 11.2. The molecule has 15 heavy (non-hydrogen) atoms. The van der Waals surface area contributed by atoms with Crippen LogP contribution in [-0.2, 0) is 0 Å². The molecule has 2 heteroatoms. The van der Waals surface area contributed by atoms with Gasteiger partial charge in [0.25, 0.3) is 0 Å². The molecular weight excluding hydrogens is 204 g/mol. The van der Waals surface area contributed by atoms with Gasteiger partial charge in [-0.15, -0.1) is 11.3 Å². The van der Waals surface area contributed by atoms with Crippen molar-refractivity contribution in [2.24, 2.45) is 16.7 Å². The molecule has 0 spiro atoms.